The summed E-state index contributed by atoms with van der Waals surface area (Å²) in [5.74, 6) is 0.248. The number of ether oxygens (including phenoxy) is 1. The quantitative estimate of drug-likeness (QED) is 0.743. The van der Waals surface area contributed by atoms with Crippen molar-refractivity contribution in [3.63, 3.8) is 0 Å². The van der Waals surface area contributed by atoms with Crippen LogP contribution >= 0.6 is 0 Å². The predicted molar refractivity (Wildman–Crippen MR) is 93.9 cm³/mol. The van der Waals surface area contributed by atoms with Crippen molar-refractivity contribution in [2.24, 2.45) is 0 Å². The molecule has 3 rings (SSSR count). The number of nitriles is 2. The molecule has 0 aliphatic carbocycles. The first-order valence-electron chi connectivity index (χ1n) is 7.75. The zero-order valence-corrected chi connectivity index (χ0v) is 13.6. The van der Waals surface area contributed by atoms with Crippen LogP contribution in [0.2, 0.25) is 0 Å². The van der Waals surface area contributed by atoms with Crippen molar-refractivity contribution in [1.29, 1.82) is 10.5 Å². The molecule has 126 valence electrons. The van der Waals surface area contributed by atoms with Crippen LogP contribution in [0, 0.1) is 28.5 Å². The molecular weight excluding hydrogens is 331 g/mol. The molecule has 1 N–H and O–H groups in total. The van der Waals surface area contributed by atoms with Crippen molar-refractivity contribution in [3.8, 4) is 23.8 Å². The van der Waals surface area contributed by atoms with Crippen molar-refractivity contribution < 1.29 is 9.13 Å². The second-order valence-electron chi connectivity index (χ2n) is 5.33. The van der Waals surface area contributed by atoms with Crippen LogP contribution in [-0.2, 0) is 6.54 Å². The van der Waals surface area contributed by atoms with Gasteiger partial charge in [-0.15, -0.1) is 0 Å². The summed E-state index contributed by atoms with van der Waals surface area (Å²) >= 11 is 0. The van der Waals surface area contributed by atoms with E-state index in [-0.39, 0.29) is 6.54 Å². The van der Waals surface area contributed by atoms with Gasteiger partial charge in [-0.05, 0) is 30.3 Å². The molecule has 3 aromatic rings. The molecule has 0 saturated heterocycles. The number of benzene rings is 2. The van der Waals surface area contributed by atoms with Gasteiger partial charge in [0.05, 0.1) is 16.8 Å². The number of nitrogens with zero attached hydrogens (tertiary/aromatic N) is 3. The van der Waals surface area contributed by atoms with Crippen molar-refractivity contribution >= 4 is 5.69 Å². The summed E-state index contributed by atoms with van der Waals surface area (Å²) in [5.41, 5.74) is 1.91. The highest BCUT2D eigenvalue weighted by molar-refractivity contribution is 5.66. The molecule has 0 amide bonds. The minimum Gasteiger partial charge on any atom is -0.439 e. The van der Waals surface area contributed by atoms with E-state index in [1.165, 1.54) is 12.1 Å². The van der Waals surface area contributed by atoms with E-state index in [4.69, 9.17) is 4.74 Å². The van der Waals surface area contributed by atoms with E-state index in [1.807, 2.05) is 0 Å². The molecule has 6 heteroatoms. The monoisotopic (exact) mass is 344 g/mol. The van der Waals surface area contributed by atoms with Gasteiger partial charge in [0.25, 0.3) is 0 Å². The summed E-state index contributed by atoms with van der Waals surface area (Å²) in [4.78, 5) is 4.19. The van der Waals surface area contributed by atoms with E-state index < -0.39 is 5.82 Å². The number of hydrogen-bond donors (Lipinski definition) is 1. The molecule has 5 nitrogen and oxygen atoms in total. The fourth-order valence-corrected chi connectivity index (χ4v) is 2.41. The molecule has 1 aromatic heterocycles. The Morgan fingerprint density at radius 3 is 2.42 bits per heavy atom. The number of anilines is 1. The number of para-hydroxylation sites is 1. The molecule has 0 radical (unpaired) electrons. The Morgan fingerprint density at radius 2 is 1.73 bits per heavy atom. The largest absolute Gasteiger partial charge is 0.439 e. The lowest BCUT2D eigenvalue weighted by Gasteiger charge is -2.13. The molecule has 0 spiro atoms. The molecule has 0 fully saturated rings. The topological polar surface area (TPSA) is 81.7 Å². The SMILES string of the molecule is N#Cc1cccc(C#N)c1NCc1cccnc1Oc1cccc(F)c1. The molecule has 2 aromatic carbocycles. The van der Waals surface area contributed by atoms with Gasteiger partial charge in [-0.1, -0.05) is 18.2 Å². The second kappa shape index (κ2) is 7.78. The van der Waals surface area contributed by atoms with Crippen molar-refractivity contribution in [1.82, 2.24) is 4.98 Å². The van der Waals surface area contributed by atoms with Gasteiger partial charge >= 0.3 is 0 Å². The highest BCUT2D eigenvalue weighted by Crippen LogP contribution is 2.26. The lowest BCUT2D eigenvalue weighted by atomic mass is 10.1. The van der Waals surface area contributed by atoms with Crippen LogP contribution in [0.5, 0.6) is 11.6 Å². The van der Waals surface area contributed by atoms with Crippen LogP contribution in [0.3, 0.4) is 0 Å². The predicted octanol–water partition coefficient (Wildman–Crippen LogP) is 4.37. The molecule has 0 bridgehead atoms. The second-order valence-corrected chi connectivity index (χ2v) is 5.33. The highest BCUT2D eigenvalue weighted by atomic mass is 19.1. The van der Waals surface area contributed by atoms with Crippen LogP contribution in [0.4, 0.5) is 10.1 Å². The smallest absolute Gasteiger partial charge is 0.224 e. The van der Waals surface area contributed by atoms with Gasteiger partial charge in [-0.25, -0.2) is 9.37 Å². The molecule has 0 aliphatic heterocycles. The van der Waals surface area contributed by atoms with E-state index in [2.05, 4.69) is 22.4 Å². The van der Waals surface area contributed by atoms with Gasteiger partial charge in [0.1, 0.15) is 23.7 Å². The zero-order chi connectivity index (χ0) is 18.4. The number of nitrogens with one attached hydrogen (secondary N) is 1. The Balaban J connectivity index is 1.84. The zero-order valence-electron chi connectivity index (χ0n) is 13.6. The maximum absolute atomic E-state index is 13.3. The van der Waals surface area contributed by atoms with Gasteiger partial charge in [-0.3, -0.25) is 0 Å². The van der Waals surface area contributed by atoms with E-state index in [1.54, 1.807) is 48.7 Å². The van der Waals surface area contributed by atoms with E-state index in [0.717, 1.165) is 0 Å². The van der Waals surface area contributed by atoms with Crippen molar-refractivity contribution in [2.75, 3.05) is 5.32 Å². The maximum Gasteiger partial charge on any atom is 0.224 e. The average Bonchev–Trinajstić information content (AvgIpc) is 2.67. The van der Waals surface area contributed by atoms with Crippen LogP contribution in [0.15, 0.2) is 60.8 Å². The highest BCUT2D eigenvalue weighted by Gasteiger charge is 2.11. The Hall–Kier alpha value is -3.90. The third-order valence-electron chi connectivity index (χ3n) is 3.62. The summed E-state index contributed by atoms with van der Waals surface area (Å²) in [6.45, 7) is 0.284. The lowest BCUT2D eigenvalue weighted by Crippen LogP contribution is -2.05. The lowest BCUT2D eigenvalue weighted by molar-refractivity contribution is 0.452. The molecule has 0 atom stereocenters. The molecule has 0 aliphatic rings. The molecule has 0 unspecified atom stereocenters. The Bertz CT molecular complexity index is 989. The number of hydrogen-bond acceptors (Lipinski definition) is 5. The Labute approximate surface area is 149 Å². The number of aromatic nitrogens is 1. The fourth-order valence-electron chi connectivity index (χ4n) is 2.41. The first kappa shape index (κ1) is 16.9. The van der Waals surface area contributed by atoms with E-state index in [9.17, 15) is 14.9 Å². The minimum atomic E-state index is -0.403. The van der Waals surface area contributed by atoms with E-state index in [0.29, 0.717) is 34.0 Å². The van der Waals surface area contributed by atoms with Crippen LogP contribution in [0.1, 0.15) is 16.7 Å². The molecular formula is C20H13FN4O. The maximum atomic E-state index is 13.3. The normalized spacial score (nSPS) is 9.81. The van der Waals surface area contributed by atoms with Gasteiger partial charge in [-0.2, -0.15) is 10.5 Å². The third-order valence-corrected chi connectivity index (χ3v) is 3.62. The number of halogens is 1. The van der Waals surface area contributed by atoms with Crippen LogP contribution in [-0.4, -0.2) is 4.98 Å². The van der Waals surface area contributed by atoms with Gasteiger partial charge in [0, 0.05) is 24.4 Å². The minimum absolute atomic E-state index is 0.284. The summed E-state index contributed by atoms with van der Waals surface area (Å²) in [6.07, 6.45) is 1.57. The van der Waals surface area contributed by atoms with Crippen molar-refractivity contribution in [2.45, 2.75) is 6.54 Å². The summed E-state index contributed by atoms with van der Waals surface area (Å²) in [5, 5.41) is 21.6. The first-order chi connectivity index (χ1) is 12.7. The average molecular weight is 344 g/mol. The fraction of sp³-hybridized carbons (Fsp3) is 0.0500. The molecule has 1 heterocycles. The molecule has 0 saturated carbocycles. The van der Waals surface area contributed by atoms with Gasteiger partial charge in [0.2, 0.25) is 5.88 Å². The Morgan fingerprint density at radius 1 is 1.00 bits per heavy atom. The van der Waals surface area contributed by atoms with Crippen LogP contribution < -0.4 is 10.1 Å². The Kier molecular flexibility index (Phi) is 5.07. The first-order valence-corrected chi connectivity index (χ1v) is 7.75. The number of pyridine rings is 1. The standard InChI is InChI=1S/C20H13FN4O/c21-17-7-2-8-18(10-17)26-20-16(6-3-9-24-20)13-25-19-14(11-22)4-1-5-15(19)12-23/h1-10,25H,13H2. The summed E-state index contributed by atoms with van der Waals surface area (Å²) < 4.78 is 19.0. The van der Waals surface area contributed by atoms with Crippen LogP contribution in [0.25, 0.3) is 0 Å². The summed E-state index contributed by atoms with van der Waals surface area (Å²) in [6, 6.07) is 18.4. The van der Waals surface area contributed by atoms with Gasteiger partial charge in [0.15, 0.2) is 0 Å². The molecule has 26 heavy (non-hydrogen) atoms. The van der Waals surface area contributed by atoms with Crippen molar-refractivity contribution in [3.05, 3.63) is 83.3 Å². The number of rotatable bonds is 5. The van der Waals surface area contributed by atoms with E-state index >= 15 is 0 Å². The van der Waals surface area contributed by atoms with Gasteiger partial charge < -0.3 is 10.1 Å². The third kappa shape index (κ3) is 3.77. The summed E-state index contributed by atoms with van der Waals surface area (Å²) in [7, 11) is 0.